The molecule has 0 radical (unpaired) electrons. The molecule has 0 amide bonds. The summed E-state index contributed by atoms with van der Waals surface area (Å²) >= 11 is 0. The fraction of sp³-hybridized carbons (Fsp3) is 0.365. The van der Waals surface area contributed by atoms with E-state index in [0.717, 1.165) is 47.6 Å². The highest BCUT2D eigenvalue weighted by Gasteiger charge is 2.47. The summed E-state index contributed by atoms with van der Waals surface area (Å²) in [5.74, 6) is -0.913. The molecule has 2 unspecified atom stereocenters. The lowest BCUT2D eigenvalue weighted by atomic mass is 9.82. The van der Waals surface area contributed by atoms with Crippen molar-refractivity contribution in [2.75, 3.05) is 82.3 Å². The van der Waals surface area contributed by atoms with Crippen molar-refractivity contribution in [3.63, 3.8) is 0 Å². The van der Waals surface area contributed by atoms with E-state index in [0.29, 0.717) is 80.4 Å². The van der Waals surface area contributed by atoms with Gasteiger partial charge in [-0.25, -0.2) is 9.59 Å². The molecule has 2 heterocycles. The number of benzene rings is 8. The second-order valence-electron chi connectivity index (χ2n) is 27.9. The van der Waals surface area contributed by atoms with E-state index in [4.69, 9.17) is 70.7 Å². The van der Waals surface area contributed by atoms with Gasteiger partial charge in [0.05, 0.1) is 89.6 Å². The summed E-state index contributed by atoms with van der Waals surface area (Å²) in [7, 11) is 4.57. The molecule has 570 valence electrons. The number of carbonyl (C=O) groups excluding carboxylic acids is 6. The maximum Gasteiger partial charge on any atom is 0.342 e. The van der Waals surface area contributed by atoms with Crippen LogP contribution < -0.4 is 37.9 Å². The van der Waals surface area contributed by atoms with Crippen LogP contribution in [0, 0.1) is 0 Å². The molecular formula is C85H96O21Si2. The SMILES string of the molecule is CCC(C)(CCOCCOC(=O)CCC(=O)Oc1c(C(=O)OC)c2c(c3ccccc13)OC(c1ccc(OC)cc1)(c1ccc(OC)cc1)C=C2)[Si](C)(C)OC(C)[Si](C)(C)CCCOCCOC(=O)CCC(=O)Oc1c(C(=O)OC)c2c(c3ccccc13)OC(c1ccc(OC)cc1)(c1ccc(OC)cc1)C=C2. The Bertz CT molecular complexity index is 4490. The smallest absolute Gasteiger partial charge is 0.342 e. The third-order valence-corrected chi connectivity index (χ3v) is 29.5. The van der Waals surface area contributed by atoms with E-state index in [-0.39, 0.29) is 85.5 Å². The van der Waals surface area contributed by atoms with Crippen LogP contribution in [0.5, 0.6) is 46.0 Å². The Hall–Kier alpha value is -10.3. The predicted molar refractivity (Wildman–Crippen MR) is 415 cm³/mol. The number of carbonyl (C=O) groups is 6. The van der Waals surface area contributed by atoms with Gasteiger partial charge in [-0.05, 0) is 111 Å². The van der Waals surface area contributed by atoms with Gasteiger partial charge in [0.15, 0.2) is 31.0 Å². The zero-order valence-corrected chi connectivity index (χ0v) is 65.7. The summed E-state index contributed by atoms with van der Waals surface area (Å²) in [5, 5.41) is 1.83. The van der Waals surface area contributed by atoms with E-state index in [1.165, 1.54) is 14.2 Å². The number of esters is 6. The first-order valence-corrected chi connectivity index (χ1v) is 42.4. The number of hydrogen-bond donors (Lipinski definition) is 0. The minimum absolute atomic E-state index is 0.00302. The Morgan fingerprint density at radius 3 is 1.16 bits per heavy atom. The van der Waals surface area contributed by atoms with Crippen molar-refractivity contribution in [2.45, 2.75) is 120 Å². The number of hydrogen-bond acceptors (Lipinski definition) is 21. The minimum atomic E-state index is -2.36. The third-order valence-electron chi connectivity index (χ3n) is 20.9. The van der Waals surface area contributed by atoms with E-state index in [1.54, 1.807) is 64.9 Å². The van der Waals surface area contributed by atoms with E-state index in [9.17, 15) is 28.8 Å². The molecule has 0 spiro atoms. The summed E-state index contributed by atoms with van der Waals surface area (Å²) in [6.45, 7) is 17.0. The summed E-state index contributed by atoms with van der Waals surface area (Å²) < 4.78 is 88.7. The maximum atomic E-state index is 13.8. The summed E-state index contributed by atoms with van der Waals surface area (Å²) in [4.78, 5) is 81.0. The van der Waals surface area contributed by atoms with E-state index < -0.39 is 63.4 Å². The standard InChI is InChI=1S/C85H96O21Si2/c1-14-83(3,48-50-99-52-54-101-72(87)41-43-74(89)103-80-68-23-18-16-21-66(68)78-70(76(80)82(91)97-9)45-47-85(105-78,59-28-36-63(94-6)37-29-59)60-30-38-64(95-7)39-31-60)108(12,13)106-56(2)107(10,11)55-19-49-98-51-53-100-71(86)40-42-73(88)102-79-67-22-17-15-20-65(67)77-69(75(79)81(90)96-8)44-46-84(104-77,57-24-32-61(92-4)33-25-57)58-26-34-62(93-5)35-27-58/h15-18,20-39,44-47,56H,14,19,40-43,48-55H2,1-13H3. The second kappa shape index (κ2) is 35.6. The Kier molecular flexibility index (Phi) is 26.5. The van der Waals surface area contributed by atoms with Gasteiger partial charge in [-0.1, -0.05) is 136 Å². The predicted octanol–water partition coefficient (Wildman–Crippen LogP) is 16.3. The first kappa shape index (κ1) is 80.2. The average molecular weight is 1510 g/mol. The normalized spacial score (nSPS) is 14.2. The Morgan fingerprint density at radius 2 is 0.806 bits per heavy atom. The van der Waals surface area contributed by atoms with Crippen LogP contribution >= 0.6 is 0 Å². The molecule has 0 fully saturated rings. The first-order chi connectivity index (χ1) is 51.9. The molecular weight excluding hydrogens is 1410 g/mol. The lowest BCUT2D eigenvalue weighted by Crippen LogP contribution is -2.52. The van der Waals surface area contributed by atoms with Crippen LogP contribution in [0.1, 0.15) is 120 Å². The quantitative estimate of drug-likeness (QED) is 0.0116. The molecule has 8 aromatic rings. The molecule has 2 aliphatic rings. The van der Waals surface area contributed by atoms with E-state index in [2.05, 4.69) is 47.0 Å². The van der Waals surface area contributed by atoms with Crippen molar-refractivity contribution in [3.8, 4) is 46.0 Å². The Morgan fingerprint density at radius 1 is 0.454 bits per heavy atom. The zero-order valence-electron chi connectivity index (χ0n) is 63.7. The molecule has 0 saturated heterocycles. The number of ether oxygens (including phenoxy) is 14. The molecule has 2 aliphatic heterocycles. The van der Waals surface area contributed by atoms with Crippen LogP contribution in [0.2, 0.25) is 37.3 Å². The molecule has 0 aromatic heterocycles. The van der Waals surface area contributed by atoms with Crippen LogP contribution in [0.25, 0.3) is 33.7 Å². The lowest BCUT2D eigenvalue weighted by Gasteiger charge is -2.46. The van der Waals surface area contributed by atoms with Gasteiger partial charge >= 0.3 is 35.8 Å². The fourth-order valence-electron chi connectivity index (χ4n) is 13.5. The highest BCUT2D eigenvalue weighted by atomic mass is 28.4. The van der Waals surface area contributed by atoms with Crippen LogP contribution in [-0.4, -0.2) is 140 Å². The van der Waals surface area contributed by atoms with Crippen molar-refractivity contribution in [2.24, 2.45) is 0 Å². The summed E-state index contributed by atoms with van der Waals surface area (Å²) in [6.07, 6.45) is 8.45. The van der Waals surface area contributed by atoms with Gasteiger partial charge in [0.25, 0.3) is 0 Å². The number of methoxy groups -OCH3 is 6. The van der Waals surface area contributed by atoms with Crippen LogP contribution in [0.4, 0.5) is 0 Å². The molecule has 10 rings (SSSR count). The van der Waals surface area contributed by atoms with Gasteiger partial charge < -0.3 is 70.7 Å². The topological polar surface area (TPSA) is 241 Å². The zero-order chi connectivity index (χ0) is 77.4. The first-order valence-electron chi connectivity index (χ1n) is 36.2. The van der Waals surface area contributed by atoms with Gasteiger partial charge in [-0.3, -0.25) is 19.2 Å². The maximum absolute atomic E-state index is 13.8. The van der Waals surface area contributed by atoms with E-state index in [1.807, 2.05) is 133 Å². The van der Waals surface area contributed by atoms with Crippen molar-refractivity contribution in [1.29, 1.82) is 0 Å². The number of rotatable bonds is 36. The molecule has 0 saturated carbocycles. The molecule has 8 aromatic carbocycles. The summed E-state index contributed by atoms with van der Waals surface area (Å²) in [5.41, 5.74) is 1.47. The molecule has 21 nitrogen and oxygen atoms in total. The molecule has 0 aliphatic carbocycles. The monoisotopic (exact) mass is 1510 g/mol. The molecule has 23 heteroatoms. The average Bonchev–Trinajstić information content (AvgIpc) is 0.726. The van der Waals surface area contributed by atoms with Crippen molar-refractivity contribution >= 4 is 85.9 Å². The van der Waals surface area contributed by atoms with Crippen LogP contribution in [0.3, 0.4) is 0 Å². The molecule has 108 heavy (non-hydrogen) atoms. The van der Waals surface area contributed by atoms with Gasteiger partial charge in [0.2, 0.25) is 0 Å². The minimum Gasteiger partial charge on any atom is -0.497 e. The van der Waals surface area contributed by atoms with Crippen molar-refractivity contribution in [3.05, 3.63) is 202 Å². The largest absolute Gasteiger partial charge is 0.497 e. The van der Waals surface area contributed by atoms with E-state index >= 15 is 0 Å². The Balaban J connectivity index is 0.645. The highest BCUT2D eigenvalue weighted by molar-refractivity contribution is 6.81. The molecule has 0 N–H and O–H groups in total. The van der Waals surface area contributed by atoms with Gasteiger partial charge in [0.1, 0.15) is 58.8 Å². The van der Waals surface area contributed by atoms with Crippen LogP contribution in [0.15, 0.2) is 158 Å². The van der Waals surface area contributed by atoms with Crippen molar-refractivity contribution in [1.82, 2.24) is 0 Å². The third kappa shape index (κ3) is 17.8. The van der Waals surface area contributed by atoms with Gasteiger partial charge in [0, 0.05) is 73.9 Å². The highest BCUT2D eigenvalue weighted by Crippen LogP contribution is 2.53. The fourth-order valence-corrected chi connectivity index (χ4v) is 19.9. The van der Waals surface area contributed by atoms with Crippen LogP contribution in [-0.2, 0) is 63.2 Å². The molecule has 0 bridgehead atoms. The summed E-state index contributed by atoms with van der Waals surface area (Å²) in [6, 6.07) is 45.3. The lowest BCUT2D eigenvalue weighted by molar-refractivity contribution is -0.148. The second-order valence-corrected chi connectivity index (χ2v) is 37.6. The van der Waals surface area contributed by atoms with Gasteiger partial charge in [-0.2, -0.15) is 0 Å². The number of fused-ring (bicyclic) bond motifs is 6. The Labute approximate surface area is 632 Å². The van der Waals surface area contributed by atoms with Gasteiger partial charge in [-0.15, -0.1) is 0 Å². The van der Waals surface area contributed by atoms with Crippen molar-refractivity contribution < 1.29 is 99.5 Å². The molecule has 2 atom stereocenters.